The number of nitrogens with two attached hydrogens (primary N) is 1. The summed E-state index contributed by atoms with van der Waals surface area (Å²) in [4.78, 5) is 8.58. The third-order valence-corrected chi connectivity index (χ3v) is 2.98. The zero-order valence-corrected chi connectivity index (χ0v) is 11.6. The first-order valence-corrected chi connectivity index (χ1v) is 6.28. The van der Waals surface area contributed by atoms with E-state index in [1.54, 1.807) is 0 Å². The van der Waals surface area contributed by atoms with Crippen molar-refractivity contribution in [3.8, 4) is 0 Å². The molecule has 6 heteroatoms. The van der Waals surface area contributed by atoms with Gasteiger partial charge in [0.05, 0.1) is 0 Å². The van der Waals surface area contributed by atoms with Gasteiger partial charge in [0, 0.05) is 17.1 Å². The fourth-order valence-electron chi connectivity index (χ4n) is 1.77. The van der Waals surface area contributed by atoms with Crippen molar-refractivity contribution in [1.29, 1.82) is 0 Å². The number of aromatic nitrogens is 2. The summed E-state index contributed by atoms with van der Waals surface area (Å²) in [6, 6.07) is 7.69. The quantitative estimate of drug-likeness (QED) is 0.592. The van der Waals surface area contributed by atoms with Gasteiger partial charge in [0.25, 0.3) is 0 Å². The number of anilines is 2. The second-order valence-electron chi connectivity index (χ2n) is 4.22. The van der Waals surface area contributed by atoms with E-state index in [9.17, 15) is 0 Å². The molecule has 0 spiro atoms. The van der Waals surface area contributed by atoms with Crippen LogP contribution < -0.4 is 16.6 Å². The molecule has 0 aliphatic heterocycles. The molecule has 4 N–H and O–H groups in total. The number of hydrogen-bond acceptors (Lipinski definition) is 5. The van der Waals surface area contributed by atoms with Gasteiger partial charge in [-0.3, -0.25) is 0 Å². The minimum Gasteiger partial charge on any atom is -0.366 e. The van der Waals surface area contributed by atoms with Crippen LogP contribution in [0.3, 0.4) is 0 Å². The van der Waals surface area contributed by atoms with Crippen LogP contribution in [-0.4, -0.2) is 9.97 Å². The molecule has 0 bridgehead atoms. The molecule has 0 unspecified atom stereocenters. The third-order valence-electron chi connectivity index (χ3n) is 2.74. The fraction of sp³-hybridized carbons (Fsp3) is 0.231. The van der Waals surface area contributed by atoms with Crippen LogP contribution in [0.5, 0.6) is 0 Å². The predicted octanol–water partition coefficient (Wildman–Crippen LogP) is 2.64. The summed E-state index contributed by atoms with van der Waals surface area (Å²) in [5.41, 5.74) is 4.54. The zero-order chi connectivity index (χ0) is 13.8. The molecule has 2 aromatic rings. The Morgan fingerprint density at radius 2 is 1.95 bits per heavy atom. The summed E-state index contributed by atoms with van der Waals surface area (Å²) >= 11 is 5.95. The molecular formula is C13H16ClN5. The lowest BCUT2D eigenvalue weighted by atomic mass is 10.2. The Morgan fingerprint density at radius 1 is 1.21 bits per heavy atom. The monoisotopic (exact) mass is 277 g/mol. The highest BCUT2D eigenvalue weighted by molar-refractivity contribution is 6.30. The second kappa shape index (κ2) is 5.86. The molecule has 100 valence electrons. The van der Waals surface area contributed by atoms with E-state index in [2.05, 4.69) is 20.7 Å². The molecule has 1 heterocycles. The van der Waals surface area contributed by atoms with Crippen LogP contribution in [0.4, 0.5) is 11.6 Å². The first-order valence-electron chi connectivity index (χ1n) is 5.90. The lowest BCUT2D eigenvalue weighted by Gasteiger charge is -2.12. The standard InChI is InChI=1S/C13H16ClN5/c1-8-12(17-9(2)18-13(8)19-15)16-7-10-4-3-5-11(14)6-10/h3-6H,7,15H2,1-2H3,(H2,16,17,18,19). The van der Waals surface area contributed by atoms with Crippen molar-refractivity contribution in [2.24, 2.45) is 5.84 Å². The van der Waals surface area contributed by atoms with E-state index in [1.165, 1.54) is 0 Å². The molecule has 0 saturated heterocycles. The zero-order valence-electron chi connectivity index (χ0n) is 10.9. The van der Waals surface area contributed by atoms with Gasteiger partial charge in [-0.15, -0.1) is 0 Å². The van der Waals surface area contributed by atoms with Crippen LogP contribution in [0.25, 0.3) is 0 Å². The van der Waals surface area contributed by atoms with Crippen molar-refractivity contribution in [1.82, 2.24) is 9.97 Å². The minimum atomic E-state index is 0.626. The largest absolute Gasteiger partial charge is 0.366 e. The normalized spacial score (nSPS) is 10.3. The van der Waals surface area contributed by atoms with Crippen molar-refractivity contribution in [3.05, 3.63) is 46.2 Å². The van der Waals surface area contributed by atoms with Crippen molar-refractivity contribution >= 4 is 23.2 Å². The Kier molecular flexibility index (Phi) is 4.19. The highest BCUT2D eigenvalue weighted by atomic mass is 35.5. The van der Waals surface area contributed by atoms with Gasteiger partial charge in [0.15, 0.2) is 0 Å². The Hall–Kier alpha value is -1.85. The summed E-state index contributed by atoms with van der Waals surface area (Å²) in [7, 11) is 0. The van der Waals surface area contributed by atoms with Crippen LogP contribution >= 0.6 is 11.6 Å². The number of halogens is 1. The molecule has 0 fully saturated rings. The lowest BCUT2D eigenvalue weighted by Crippen LogP contribution is -2.14. The molecule has 2 rings (SSSR count). The van der Waals surface area contributed by atoms with E-state index < -0.39 is 0 Å². The lowest BCUT2D eigenvalue weighted by molar-refractivity contribution is 0.998. The number of rotatable bonds is 4. The number of hydrazine groups is 1. The summed E-state index contributed by atoms with van der Waals surface area (Å²) in [6.45, 7) is 4.38. The SMILES string of the molecule is Cc1nc(NN)c(C)c(NCc2cccc(Cl)c2)n1. The van der Waals surface area contributed by atoms with Crippen molar-refractivity contribution < 1.29 is 0 Å². The summed E-state index contributed by atoms with van der Waals surface area (Å²) in [5, 5.41) is 3.99. The first kappa shape index (κ1) is 13.6. The molecule has 1 aromatic heterocycles. The van der Waals surface area contributed by atoms with Gasteiger partial charge in [-0.05, 0) is 31.5 Å². The number of aryl methyl sites for hydroxylation is 1. The van der Waals surface area contributed by atoms with E-state index in [0.29, 0.717) is 18.2 Å². The van der Waals surface area contributed by atoms with Gasteiger partial charge >= 0.3 is 0 Å². The Labute approximate surface area is 117 Å². The van der Waals surface area contributed by atoms with E-state index in [1.807, 2.05) is 38.1 Å². The Bertz CT molecular complexity index is 585. The molecule has 19 heavy (non-hydrogen) atoms. The number of hydrogen-bond donors (Lipinski definition) is 3. The fourth-order valence-corrected chi connectivity index (χ4v) is 1.99. The smallest absolute Gasteiger partial charge is 0.148 e. The van der Waals surface area contributed by atoms with E-state index >= 15 is 0 Å². The average molecular weight is 278 g/mol. The average Bonchev–Trinajstić information content (AvgIpc) is 2.39. The number of nitrogen functional groups attached to an aromatic ring is 1. The molecule has 1 aromatic carbocycles. The summed E-state index contributed by atoms with van der Waals surface area (Å²) in [6.07, 6.45) is 0. The molecule has 0 aliphatic carbocycles. The van der Waals surface area contributed by atoms with E-state index in [-0.39, 0.29) is 0 Å². The van der Waals surface area contributed by atoms with Crippen LogP contribution in [0, 0.1) is 13.8 Å². The molecule has 0 aliphatic rings. The maximum absolute atomic E-state index is 5.95. The van der Waals surface area contributed by atoms with Gasteiger partial charge < -0.3 is 10.7 Å². The van der Waals surface area contributed by atoms with E-state index in [0.717, 1.165) is 22.0 Å². The molecular weight excluding hydrogens is 262 g/mol. The molecule has 5 nitrogen and oxygen atoms in total. The minimum absolute atomic E-state index is 0.626. The van der Waals surface area contributed by atoms with Gasteiger partial charge in [-0.25, -0.2) is 15.8 Å². The van der Waals surface area contributed by atoms with Gasteiger partial charge in [0.2, 0.25) is 0 Å². The third kappa shape index (κ3) is 3.33. The topological polar surface area (TPSA) is 75.9 Å². The number of nitrogens with one attached hydrogen (secondary N) is 2. The number of benzene rings is 1. The van der Waals surface area contributed by atoms with Crippen LogP contribution in [0.1, 0.15) is 17.0 Å². The van der Waals surface area contributed by atoms with Crippen molar-refractivity contribution in [3.63, 3.8) is 0 Å². The Balaban J connectivity index is 2.17. The maximum Gasteiger partial charge on any atom is 0.148 e. The van der Waals surface area contributed by atoms with Gasteiger partial charge in [-0.2, -0.15) is 0 Å². The predicted molar refractivity (Wildman–Crippen MR) is 78.1 cm³/mol. The maximum atomic E-state index is 5.95. The molecule has 0 radical (unpaired) electrons. The first-order chi connectivity index (χ1) is 9.10. The van der Waals surface area contributed by atoms with E-state index in [4.69, 9.17) is 17.4 Å². The van der Waals surface area contributed by atoms with Crippen LogP contribution in [-0.2, 0) is 6.54 Å². The highest BCUT2D eigenvalue weighted by Gasteiger charge is 2.07. The van der Waals surface area contributed by atoms with Crippen molar-refractivity contribution in [2.45, 2.75) is 20.4 Å². The van der Waals surface area contributed by atoms with Crippen LogP contribution in [0.2, 0.25) is 5.02 Å². The Morgan fingerprint density at radius 3 is 2.63 bits per heavy atom. The summed E-state index contributed by atoms with van der Waals surface area (Å²) < 4.78 is 0. The second-order valence-corrected chi connectivity index (χ2v) is 4.66. The summed E-state index contributed by atoms with van der Waals surface area (Å²) in [5.74, 6) is 7.48. The van der Waals surface area contributed by atoms with Crippen molar-refractivity contribution in [2.75, 3.05) is 10.7 Å². The molecule has 0 saturated carbocycles. The molecule has 0 amide bonds. The number of nitrogens with zero attached hydrogens (tertiary/aromatic N) is 2. The van der Waals surface area contributed by atoms with Gasteiger partial charge in [0.1, 0.15) is 17.5 Å². The van der Waals surface area contributed by atoms with Gasteiger partial charge in [-0.1, -0.05) is 23.7 Å². The molecule has 0 atom stereocenters. The van der Waals surface area contributed by atoms with Crippen LogP contribution in [0.15, 0.2) is 24.3 Å². The highest BCUT2D eigenvalue weighted by Crippen LogP contribution is 2.20.